The van der Waals surface area contributed by atoms with Crippen LogP contribution in [0.5, 0.6) is 0 Å². The Morgan fingerprint density at radius 3 is 2.71 bits per heavy atom. The van der Waals surface area contributed by atoms with E-state index in [-0.39, 0.29) is 0 Å². The largest absolute Gasteiger partial charge is 0.336 e. The van der Waals surface area contributed by atoms with E-state index in [9.17, 15) is 4.79 Å². The van der Waals surface area contributed by atoms with Gasteiger partial charge in [-0.3, -0.25) is 4.79 Å². The van der Waals surface area contributed by atoms with Gasteiger partial charge >= 0.3 is 0 Å². The van der Waals surface area contributed by atoms with Gasteiger partial charge in [0.25, 0.3) is 0 Å². The Morgan fingerprint density at radius 2 is 2.06 bits per heavy atom. The fourth-order valence-corrected chi connectivity index (χ4v) is 2.56. The first-order valence-corrected chi connectivity index (χ1v) is 6.58. The molecular weight excluding hydrogens is 210 g/mol. The molecule has 17 heavy (non-hydrogen) atoms. The second-order valence-corrected chi connectivity index (χ2v) is 4.91. The fourth-order valence-electron chi connectivity index (χ4n) is 2.56. The highest BCUT2D eigenvalue weighted by atomic mass is 16.2. The summed E-state index contributed by atoms with van der Waals surface area (Å²) in [5, 5.41) is 0. The number of likely N-dealkylation sites (tertiary alicyclic amines) is 1. The van der Waals surface area contributed by atoms with Crippen LogP contribution in [0.3, 0.4) is 0 Å². The van der Waals surface area contributed by atoms with Gasteiger partial charge in [-0.05, 0) is 31.7 Å². The van der Waals surface area contributed by atoms with E-state index in [4.69, 9.17) is 0 Å². The lowest BCUT2D eigenvalue weighted by atomic mass is 10.0. The predicted molar refractivity (Wildman–Crippen MR) is 69.8 cm³/mol. The van der Waals surface area contributed by atoms with Crippen LogP contribution in [0, 0.1) is 6.92 Å². The van der Waals surface area contributed by atoms with Crippen LogP contribution >= 0.6 is 0 Å². The number of carbonyl (C=O) groups excluding carboxylic acids is 1. The third-order valence-electron chi connectivity index (χ3n) is 3.50. The van der Waals surface area contributed by atoms with Crippen LogP contribution in [0.1, 0.15) is 49.8 Å². The number of nitrogens with zero attached hydrogens (tertiary/aromatic N) is 1. The second-order valence-electron chi connectivity index (χ2n) is 4.91. The summed E-state index contributed by atoms with van der Waals surface area (Å²) in [5.41, 5.74) is 2.57. The first-order valence-electron chi connectivity index (χ1n) is 6.58. The van der Waals surface area contributed by atoms with Crippen molar-refractivity contribution in [1.82, 2.24) is 4.90 Å². The molecule has 1 atom stereocenters. The molecule has 0 N–H and O–H groups in total. The maximum Gasteiger partial charge on any atom is 0.223 e. The SMILES string of the molecule is CCCC(=O)N1CCCC1c1ccc(C)cc1. The second kappa shape index (κ2) is 5.35. The zero-order valence-electron chi connectivity index (χ0n) is 10.8. The maximum absolute atomic E-state index is 12.0. The number of hydrogen-bond donors (Lipinski definition) is 0. The number of hydrogen-bond acceptors (Lipinski definition) is 1. The standard InChI is InChI=1S/C15H21NO/c1-3-5-15(17)16-11-4-6-14(16)13-9-7-12(2)8-10-13/h7-10,14H,3-6,11H2,1-2H3. The quantitative estimate of drug-likeness (QED) is 0.780. The predicted octanol–water partition coefficient (Wildman–Crippen LogP) is 3.46. The molecule has 0 spiro atoms. The fraction of sp³-hybridized carbons (Fsp3) is 0.533. The van der Waals surface area contributed by atoms with Crippen LogP contribution in [0.15, 0.2) is 24.3 Å². The van der Waals surface area contributed by atoms with Crippen molar-refractivity contribution in [3.8, 4) is 0 Å². The molecule has 1 saturated heterocycles. The van der Waals surface area contributed by atoms with E-state index < -0.39 is 0 Å². The highest BCUT2D eigenvalue weighted by molar-refractivity contribution is 5.77. The third-order valence-corrected chi connectivity index (χ3v) is 3.50. The summed E-state index contributed by atoms with van der Waals surface area (Å²) in [5.74, 6) is 0.315. The van der Waals surface area contributed by atoms with Crippen LogP contribution in [0.4, 0.5) is 0 Å². The third kappa shape index (κ3) is 2.68. The van der Waals surface area contributed by atoms with Gasteiger partial charge in [-0.15, -0.1) is 0 Å². The lowest BCUT2D eigenvalue weighted by molar-refractivity contribution is -0.132. The molecule has 2 heteroatoms. The molecule has 1 aromatic rings. The van der Waals surface area contributed by atoms with E-state index >= 15 is 0 Å². The van der Waals surface area contributed by atoms with Gasteiger partial charge in [0.15, 0.2) is 0 Å². The normalized spacial score (nSPS) is 19.6. The van der Waals surface area contributed by atoms with Crippen molar-refractivity contribution < 1.29 is 4.79 Å². The van der Waals surface area contributed by atoms with Gasteiger partial charge in [0.05, 0.1) is 6.04 Å². The Morgan fingerprint density at radius 1 is 1.35 bits per heavy atom. The minimum atomic E-state index is 0.314. The summed E-state index contributed by atoms with van der Waals surface area (Å²) < 4.78 is 0. The van der Waals surface area contributed by atoms with Gasteiger partial charge in [-0.2, -0.15) is 0 Å². The van der Waals surface area contributed by atoms with Gasteiger partial charge in [0.2, 0.25) is 5.91 Å². The van der Waals surface area contributed by atoms with Gasteiger partial charge in [-0.1, -0.05) is 36.8 Å². The Bertz CT molecular complexity index is 382. The first kappa shape index (κ1) is 12.2. The number of carbonyl (C=O) groups is 1. The van der Waals surface area contributed by atoms with Crippen molar-refractivity contribution in [2.45, 2.75) is 45.6 Å². The van der Waals surface area contributed by atoms with Crippen molar-refractivity contribution in [2.75, 3.05) is 6.54 Å². The average Bonchev–Trinajstić information content (AvgIpc) is 2.79. The summed E-state index contributed by atoms with van der Waals surface area (Å²) in [7, 11) is 0. The Hall–Kier alpha value is -1.31. The summed E-state index contributed by atoms with van der Waals surface area (Å²) in [6.07, 6.45) is 3.87. The van der Waals surface area contributed by atoms with E-state index in [2.05, 4.69) is 43.0 Å². The number of aryl methyl sites for hydroxylation is 1. The van der Waals surface area contributed by atoms with Crippen LogP contribution in [-0.2, 0) is 4.79 Å². The van der Waals surface area contributed by atoms with E-state index in [1.54, 1.807) is 0 Å². The summed E-state index contributed by atoms with van der Waals surface area (Å²) in [4.78, 5) is 14.1. The molecule has 0 aromatic heterocycles. The lowest BCUT2D eigenvalue weighted by Crippen LogP contribution is -2.30. The summed E-state index contributed by atoms with van der Waals surface area (Å²) >= 11 is 0. The Balaban J connectivity index is 2.14. The number of benzene rings is 1. The molecule has 1 amide bonds. The Kier molecular flexibility index (Phi) is 3.82. The molecule has 0 aliphatic carbocycles. The molecule has 0 bridgehead atoms. The molecule has 1 aliphatic rings. The number of rotatable bonds is 3. The highest BCUT2D eigenvalue weighted by Crippen LogP contribution is 2.32. The zero-order chi connectivity index (χ0) is 12.3. The molecule has 1 fully saturated rings. The molecule has 1 unspecified atom stereocenters. The maximum atomic E-state index is 12.0. The minimum absolute atomic E-state index is 0.314. The smallest absolute Gasteiger partial charge is 0.223 e. The van der Waals surface area contributed by atoms with E-state index in [0.717, 1.165) is 25.8 Å². The van der Waals surface area contributed by atoms with Crippen molar-refractivity contribution >= 4 is 5.91 Å². The molecular formula is C15H21NO. The monoisotopic (exact) mass is 231 g/mol. The van der Waals surface area contributed by atoms with Crippen molar-refractivity contribution in [2.24, 2.45) is 0 Å². The number of amides is 1. The topological polar surface area (TPSA) is 20.3 Å². The van der Waals surface area contributed by atoms with Crippen LogP contribution < -0.4 is 0 Å². The minimum Gasteiger partial charge on any atom is -0.336 e. The van der Waals surface area contributed by atoms with E-state index in [1.807, 2.05) is 0 Å². The van der Waals surface area contributed by atoms with Crippen LogP contribution in [-0.4, -0.2) is 17.4 Å². The van der Waals surface area contributed by atoms with Gasteiger partial charge in [-0.25, -0.2) is 0 Å². The van der Waals surface area contributed by atoms with Crippen LogP contribution in [0.25, 0.3) is 0 Å². The lowest BCUT2D eigenvalue weighted by Gasteiger charge is -2.25. The average molecular weight is 231 g/mol. The molecule has 1 aliphatic heterocycles. The van der Waals surface area contributed by atoms with Crippen molar-refractivity contribution in [3.63, 3.8) is 0 Å². The van der Waals surface area contributed by atoms with Gasteiger partial charge < -0.3 is 4.90 Å². The first-order chi connectivity index (χ1) is 8.22. The highest BCUT2D eigenvalue weighted by Gasteiger charge is 2.28. The van der Waals surface area contributed by atoms with E-state index in [0.29, 0.717) is 18.4 Å². The molecule has 2 rings (SSSR count). The molecule has 1 aromatic carbocycles. The van der Waals surface area contributed by atoms with Crippen LogP contribution in [0.2, 0.25) is 0 Å². The van der Waals surface area contributed by atoms with Gasteiger partial charge in [0, 0.05) is 13.0 Å². The zero-order valence-corrected chi connectivity index (χ0v) is 10.8. The molecule has 92 valence electrons. The van der Waals surface area contributed by atoms with Gasteiger partial charge in [0.1, 0.15) is 0 Å². The molecule has 0 saturated carbocycles. The Labute approximate surface area is 104 Å². The van der Waals surface area contributed by atoms with E-state index in [1.165, 1.54) is 11.1 Å². The molecule has 2 nitrogen and oxygen atoms in total. The molecule has 1 heterocycles. The summed E-state index contributed by atoms with van der Waals surface area (Å²) in [6.45, 7) is 5.09. The van der Waals surface area contributed by atoms with Crippen molar-refractivity contribution in [1.29, 1.82) is 0 Å². The molecule has 0 radical (unpaired) electrons. The van der Waals surface area contributed by atoms with Crippen molar-refractivity contribution in [3.05, 3.63) is 35.4 Å². The summed E-state index contributed by atoms with van der Waals surface area (Å²) in [6, 6.07) is 8.91.